The van der Waals surface area contributed by atoms with Crippen molar-refractivity contribution < 1.29 is 28.2 Å². The van der Waals surface area contributed by atoms with Gasteiger partial charge in [0, 0.05) is 47.3 Å². The van der Waals surface area contributed by atoms with Crippen LogP contribution in [-0.2, 0) is 20.9 Å². The van der Waals surface area contributed by atoms with E-state index in [0.29, 0.717) is 33.7 Å². The summed E-state index contributed by atoms with van der Waals surface area (Å²) in [5.41, 5.74) is 1.32. The number of rotatable bonds is 7. The monoisotopic (exact) mass is 423 g/mol. The third-order valence-electron chi connectivity index (χ3n) is 4.36. The van der Waals surface area contributed by atoms with E-state index in [4.69, 9.17) is 18.6 Å². The van der Waals surface area contributed by atoms with Crippen LogP contribution in [0.2, 0.25) is 0 Å². The zero-order valence-electron chi connectivity index (χ0n) is 17.3. The van der Waals surface area contributed by atoms with Crippen LogP contribution in [0.1, 0.15) is 18.1 Å². The number of benzene rings is 2. The number of methoxy groups -OCH3 is 2. The van der Waals surface area contributed by atoms with Gasteiger partial charge in [0.2, 0.25) is 5.91 Å². The fourth-order valence-electron chi connectivity index (χ4n) is 2.95. The van der Waals surface area contributed by atoms with Gasteiger partial charge in [-0.3, -0.25) is 4.79 Å². The number of carbonyl (C=O) groups excluding carboxylic acids is 2. The van der Waals surface area contributed by atoms with Crippen LogP contribution in [-0.4, -0.2) is 26.1 Å². The Bertz CT molecular complexity index is 1210. The summed E-state index contributed by atoms with van der Waals surface area (Å²) in [6, 6.07) is 11.4. The van der Waals surface area contributed by atoms with E-state index in [-0.39, 0.29) is 18.1 Å². The van der Waals surface area contributed by atoms with Gasteiger partial charge in [-0.2, -0.15) is 0 Å². The number of hydrogen-bond acceptors (Lipinski definition) is 7. The van der Waals surface area contributed by atoms with E-state index >= 15 is 0 Å². The normalized spacial score (nSPS) is 10.8. The smallest absolute Gasteiger partial charge is 0.336 e. The van der Waals surface area contributed by atoms with Crippen LogP contribution in [0.25, 0.3) is 17.0 Å². The molecule has 1 amide bonds. The number of amides is 1. The molecule has 0 aliphatic carbocycles. The van der Waals surface area contributed by atoms with Crippen LogP contribution in [0.15, 0.2) is 57.8 Å². The first-order valence-corrected chi connectivity index (χ1v) is 9.31. The molecule has 0 saturated heterocycles. The quantitative estimate of drug-likeness (QED) is 0.352. The maximum absolute atomic E-state index is 12.2. The molecule has 8 nitrogen and oxygen atoms in total. The summed E-state index contributed by atoms with van der Waals surface area (Å²) in [7, 11) is 3.07. The van der Waals surface area contributed by atoms with E-state index in [0.717, 1.165) is 0 Å². The number of carbonyl (C=O) groups is 2. The Kier molecular flexibility index (Phi) is 6.71. The van der Waals surface area contributed by atoms with Crippen molar-refractivity contribution in [1.82, 2.24) is 0 Å². The molecule has 0 saturated carbocycles. The van der Waals surface area contributed by atoms with E-state index in [1.807, 2.05) is 0 Å². The van der Waals surface area contributed by atoms with Gasteiger partial charge in [0.15, 0.2) is 0 Å². The lowest BCUT2D eigenvalue weighted by molar-refractivity contribution is -0.138. The minimum Gasteiger partial charge on any atom is -0.497 e. The molecule has 160 valence electrons. The second-order valence-electron chi connectivity index (χ2n) is 6.53. The van der Waals surface area contributed by atoms with E-state index in [1.54, 1.807) is 49.6 Å². The molecule has 0 aliphatic heterocycles. The maximum atomic E-state index is 12.2. The fourth-order valence-corrected chi connectivity index (χ4v) is 2.95. The van der Waals surface area contributed by atoms with E-state index in [2.05, 4.69) is 5.32 Å². The number of esters is 1. The van der Waals surface area contributed by atoms with Crippen LogP contribution in [0.5, 0.6) is 11.5 Å². The Labute approximate surface area is 178 Å². The molecule has 3 aromatic rings. The third kappa shape index (κ3) is 5.51. The van der Waals surface area contributed by atoms with Gasteiger partial charge in [0.25, 0.3) is 0 Å². The molecule has 0 atom stereocenters. The van der Waals surface area contributed by atoms with Gasteiger partial charge in [-0.1, -0.05) is 0 Å². The molecular weight excluding hydrogens is 402 g/mol. The van der Waals surface area contributed by atoms with Gasteiger partial charge in [0.05, 0.1) is 14.2 Å². The summed E-state index contributed by atoms with van der Waals surface area (Å²) in [5.74, 6) is 0.355. The molecule has 0 unspecified atom stereocenters. The summed E-state index contributed by atoms with van der Waals surface area (Å²) < 4.78 is 20.9. The zero-order chi connectivity index (χ0) is 22.4. The van der Waals surface area contributed by atoms with Gasteiger partial charge in [-0.05, 0) is 36.4 Å². The molecule has 0 radical (unpaired) electrons. The van der Waals surface area contributed by atoms with Crippen molar-refractivity contribution in [3.05, 3.63) is 70.1 Å². The van der Waals surface area contributed by atoms with Crippen LogP contribution in [0.4, 0.5) is 5.69 Å². The highest BCUT2D eigenvalue weighted by atomic mass is 16.5. The second kappa shape index (κ2) is 9.62. The minimum atomic E-state index is -0.596. The lowest BCUT2D eigenvalue weighted by Crippen LogP contribution is -2.07. The number of fused-ring (bicyclic) bond motifs is 1. The number of hydrogen-bond donors (Lipinski definition) is 1. The molecule has 0 aliphatic rings. The minimum absolute atomic E-state index is 0.125. The molecule has 2 aromatic carbocycles. The Morgan fingerprint density at radius 1 is 1.06 bits per heavy atom. The second-order valence-corrected chi connectivity index (χ2v) is 6.53. The fraction of sp³-hybridized carbons (Fsp3) is 0.174. The molecular formula is C23H21NO7. The van der Waals surface area contributed by atoms with Crippen molar-refractivity contribution in [1.29, 1.82) is 0 Å². The molecule has 31 heavy (non-hydrogen) atoms. The molecule has 1 aromatic heterocycles. The predicted octanol–water partition coefficient (Wildman–Crippen LogP) is 3.53. The molecule has 3 rings (SSSR count). The molecule has 8 heteroatoms. The predicted molar refractivity (Wildman–Crippen MR) is 115 cm³/mol. The van der Waals surface area contributed by atoms with Crippen LogP contribution in [0.3, 0.4) is 0 Å². The lowest BCUT2D eigenvalue weighted by Gasteiger charge is -2.08. The molecule has 0 fully saturated rings. The first-order valence-electron chi connectivity index (χ1n) is 9.31. The average Bonchev–Trinajstić information content (AvgIpc) is 2.74. The summed E-state index contributed by atoms with van der Waals surface area (Å²) in [4.78, 5) is 35.3. The van der Waals surface area contributed by atoms with Crippen molar-refractivity contribution in [3.63, 3.8) is 0 Å². The molecule has 1 heterocycles. The Morgan fingerprint density at radius 2 is 1.87 bits per heavy atom. The molecule has 0 bridgehead atoms. The summed E-state index contributed by atoms with van der Waals surface area (Å²) in [6.07, 6.45) is 2.82. The Balaban J connectivity index is 1.76. The van der Waals surface area contributed by atoms with Crippen LogP contribution in [0, 0.1) is 0 Å². The summed E-state index contributed by atoms with van der Waals surface area (Å²) >= 11 is 0. The number of ether oxygens (including phenoxy) is 3. The van der Waals surface area contributed by atoms with Crippen molar-refractivity contribution >= 4 is 34.6 Å². The standard InChI is InChI=1S/C23H21NO7/c1-14(25)24-17-5-7-19-16(11-23(27)31-21(19)12-17)13-30-22(26)9-4-15-10-18(28-2)6-8-20(15)29-3/h4-12H,13H2,1-3H3,(H,24,25)/b9-4+. The molecule has 0 spiro atoms. The zero-order valence-corrected chi connectivity index (χ0v) is 17.3. The SMILES string of the molecule is COc1ccc(OC)c(/C=C/C(=O)OCc2cc(=O)oc3cc(NC(C)=O)ccc23)c1. The van der Waals surface area contributed by atoms with Crippen molar-refractivity contribution in [2.24, 2.45) is 0 Å². The average molecular weight is 423 g/mol. The first-order chi connectivity index (χ1) is 14.9. The maximum Gasteiger partial charge on any atom is 0.336 e. The lowest BCUT2D eigenvalue weighted by atomic mass is 10.1. The highest BCUT2D eigenvalue weighted by Crippen LogP contribution is 2.25. The van der Waals surface area contributed by atoms with Gasteiger partial charge < -0.3 is 23.9 Å². The Hall–Kier alpha value is -4.07. The number of anilines is 1. The highest BCUT2D eigenvalue weighted by Gasteiger charge is 2.10. The van der Waals surface area contributed by atoms with Gasteiger partial charge in [-0.25, -0.2) is 9.59 Å². The van der Waals surface area contributed by atoms with Crippen molar-refractivity contribution in [3.8, 4) is 11.5 Å². The van der Waals surface area contributed by atoms with Gasteiger partial charge in [-0.15, -0.1) is 0 Å². The van der Waals surface area contributed by atoms with Crippen LogP contribution >= 0.6 is 0 Å². The topological polar surface area (TPSA) is 104 Å². The van der Waals surface area contributed by atoms with E-state index < -0.39 is 11.6 Å². The Morgan fingerprint density at radius 3 is 2.58 bits per heavy atom. The van der Waals surface area contributed by atoms with Crippen molar-refractivity contribution in [2.45, 2.75) is 13.5 Å². The van der Waals surface area contributed by atoms with Crippen molar-refractivity contribution in [2.75, 3.05) is 19.5 Å². The molecule has 1 N–H and O–H groups in total. The largest absolute Gasteiger partial charge is 0.497 e. The van der Waals surface area contributed by atoms with E-state index in [9.17, 15) is 14.4 Å². The van der Waals surface area contributed by atoms with Crippen LogP contribution < -0.4 is 20.4 Å². The summed E-state index contributed by atoms with van der Waals surface area (Å²) in [6.45, 7) is 1.25. The van der Waals surface area contributed by atoms with Gasteiger partial charge >= 0.3 is 11.6 Å². The number of nitrogens with one attached hydrogen (secondary N) is 1. The first kappa shape index (κ1) is 21.6. The third-order valence-corrected chi connectivity index (χ3v) is 4.36. The van der Waals surface area contributed by atoms with E-state index in [1.165, 1.54) is 26.2 Å². The summed E-state index contributed by atoms with van der Waals surface area (Å²) in [5, 5.41) is 3.22. The van der Waals surface area contributed by atoms with Gasteiger partial charge in [0.1, 0.15) is 23.7 Å². The highest BCUT2D eigenvalue weighted by molar-refractivity contribution is 5.92.